The van der Waals surface area contributed by atoms with Crippen molar-refractivity contribution in [2.75, 3.05) is 6.54 Å². The Labute approximate surface area is 157 Å². The van der Waals surface area contributed by atoms with Crippen LogP contribution in [0.1, 0.15) is 53.4 Å². The zero-order valence-electron chi connectivity index (χ0n) is 15.3. The van der Waals surface area contributed by atoms with E-state index in [4.69, 9.17) is 0 Å². The van der Waals surface area contributed by atoms with E-state index >= 15 is 0 Å². The van der Waals surface area contributed by atoms with Gasteiger partial charge in [-0.2, -0.15) is 13.2 Å². The summed E-state index contributed by atoms with van der Waals surface area (Å²) in [4.78, 5) is 4.16. The Hall–Kier alpha value is -2.18. The number of hydrogen-bond donors (Lipinski definition) is 2. The number of rotatable bonds is 5. The van der Waals surface area contributed by atoms with Crippen LogP contribution < -0.4 is 5.32 Å². The predicted octanol–water partition coefficient (Wildman–Crippen LogP) is 4.67. The van der Waals surface area contributed by atoms with Gasteiger partial charge in [-0.15, -0.1) is 0 Å². The van der Waals surface area contributed by atoms with E-state index < -0.39 is 17.9 Å². The maximum atomic E-state index is 13.4. The minimum absolute atomic E-state index is 0.0432. The summed E-state index contributed by atoms with van der Waals surface area (Å²) in [5.41, 5.74) is 1.83. The van der Waals surface area contributed by atoms with Crippen LogP contribution >= 0.6 is 0 Å². The second-order valence-corrected chi connectivity index (χ2v) is 7.00. The standard InChI is InChI=1S/C21H23F3N2O/c1-13-8-9-17(21(22,23)24)20-19(13)16(10-14(2)26-20)18(27)12-25-11-15-6-4-3-5-7-15/h3-7,9-10,13,18,25,27H,8,11-12H2,1-2H3. The number of fused-ring (bicyclic) bond motifs is 1. The Morgan fingerprint density at radius 3 is 2.63 bits per heavy atom. The van der Waals surface area contributed by atoms with Crippen molar-refractivity contribution in [1.29, 1.82) is 0 Å². The molecule has 2 unspecified atom stereocenters. The molecule has 0 spiro atoms. The number of halogens is 3. The third-order valence-electron chi connectivity index (χ3n) is 4.82. The molecule has 1 aliphatic carbocycles. The van der Waals surface area contributed by atoms with E-state index in [-0.39, 0.29) is 24.6 Å². The molecule has 0 amide bonds. The Bertz CT molecular complexity index is 831. The molecule has 27 heavy (non-hydrogen) atoms. The van der Waals surface area contributed by atoms with E-state index in [2.05, 4.69) is 10.3 Å². The molecule has 2 N–H and O–H groups in total. The number of alkyl halides is 3. The van der Waals surface area contributed by atoms with Crippen LogP contribution in [0.3, 0.4) is 0 Å². The summed E-state index contributed by atoms with van der Waals surface area (Å²) in [7, 11) is 0. The van der Waals surface area contributed by atoms with Crippen LogP contribution in [0.2, 0.25) is 0 Å². The Kier molecular flexibility index (Phi) is 5.67. The highest BCUT2D eigenvalue weighted by Gasteiger charge is 2.40. The van der Waals surface area contributed by atoms with Gasteiger partial charge in [-0.25, -0.2) is 0 Å². The van der Waals surface area contributed by atoms with Crippen molar-refractivity contribution in [1.82, 2.24) is 10.3 Å². The number of hydrogen-bond acceptors (Lipinski definition) is 3. The van der Waals surface area contributed by atoms with Gasteiger partial charge in [0.1, 0.15) is 0 Å². The van der Waals surface area contributed by atoms with E-state index in [1.54, 1.807) is 13.0 Å². The number of aliphatic hydroxyl groups is 1. The van der Waals surface area contributed by atoms with Crippen LogP contribution in [0, 0.1) is 6.92 Å². The molecule has 1 aromatic heterocycles. The zero-order valence-corrected chi connectivity index (χ0v) is 15.3. The van der Waals surface area contributed by atoms with Crippen LogP contribution in [0.15, 0.2) is 42.5 Å². The number of pyridine rings is 1. The summed E-state index contributed by atoms with van der Waals surface area (Å²) in [6, 6.07) is 11.4. The van der Waals surface area contributed by atoms with Crippen LogP contribution in [0.25, 0.3) is 5.57 Å². The second-order valence-electron chi connectivity index (χ2n) is 7.00. The first kappa shape index (κ1) is 19.6. The molecule has 1 aliphatic rings. The van der Waals surface area contributed by atoms with Crippen molar-refractivity contribution in [3.8, 4) is 0 Å². The Morgan fingerprint density at radius 1 is 1.26 bits per heavy atom. The molecular formula is C21H23F3N2O. The normalized spacial score (nSPS) is 18.0. The average molecular weight is 376 g/mol. The summed E-state index contributed by atoms with van der Waals surface area (Å²) in [6.45, 7) is 4.35. The Balaban J connectivity index is 1.85. The van der Waals surface area contributed by atoms with E-state index in [1.807, 2.05) is 37.3 Å². The maximum Gasteiger partial charge on any atom is 0.418 e. The zero-order chi connectivity index (χ0) is 19.6. The minimum Gasteiger partial charge on any atom is -0.387 e. The molecule has 0 saturated carbocycles. The summed E-state index contributed by atoms with van der Waals surface area (Å²) in [5.74, 6) is -0.127. The lowest BCUT2D eigenvalue weighted by Crippen LogP contribution is -2.25. The molecule has 2 atom stereocenters. The highest BCUT2D eigenvalue weighted by atomic mass is 19.4. The van der Waals surface area contributed by atoms with Gasteiger partial charge < -0.3 is 10.4 Å². The van der Waals surface area contributed by atoms with Gasteiger partial charge in [0.15, 0.2) is 0 Å². The van der Waals surface area contributed by atoms with Crippen molar-refractivity contribution in [2.24, 2.45) is 0 Å². The van der Waals surface area contributed by atoms with Gasteiger partial charge in [-0.1, -0.05) is 43.3 Å². The molecule has 0 fully saturated rings. The number of aliphatic hydroxyl groups excluding tert-OH is 1. The number of benzene rings is 1. The number of nitrogens with one attached hydrogen (secondary N) is 1. The third kappa shape index (κ3) is 4.39. The first-order valence-electron chi connectivity index (χ1n) is 8.99. The SMILES string of the molecule is Cc1cc(C(O)CNCc2ccccc2)c2c(n1)C(C(F)(F)F)=CCC2C. The van der Waals surface area contributed by atoms with E-state index in [0.29, 0.717) is 23.4 Å². The average Bonchev–Trinajstić information content (AvgIpc) is 2.60. The van der Waals surface area contributed by atoms with E-state index in [9.17, 15) is 18.3 Å². The number of aromatic nitrogens is 1. The summed E-state index contributed by atoms with van der Waals surface area (Å²) in [6.07, 6.45) is -3.87. The van der Waals surface area contributed by atoms with Gasteiger partial charge in [-0.3, -0.25) is 4.98 Å². The van der Waals surface area contributed by atoms with Gasteiger partial charge in [-0.05, 0) is 42.0 Å². The molecule has 0 bridgehead atoms. The minimum atomic E-state index is -4.45. The smallest absolute Gasteiger partial charge is 0.387 e. The van der Waals surface area contributed by atoms with Gasteiger partial charge in [0.05, 0.1) is 17.4 Å². The number of aryl methyl sites for hydroxylation is 1. The van der Waals surface area contributed by atoms with Crippen molar-refractivity contribution < 1.29 is 18.3 Å². The third-order valence-corrected chi connectivity index (χ3v) is 4.82. The summed E-state index contributed by atoms with van der Waals surface area (Å²) < 4.78 is 40.3. The molecule has 0 radical (unpaired) electrons. The number of nitrogens with zero attached hydrogens (tertiary/aromatic N) is 1. The fourth-order valence-corrected chi connectivity index (χ4v) is 3.53. The number of allylic oxidation sites excluding steroid dienone is 2. The molecule has 2 aromatic rings. The topological polar surface area (TPSA) is 45.1 Å². The summed E-state index contributed by atoms with van der Waals surface area (Å²) in [5, 5.41) is 13.9. The lowest BCUT2D eigenvalue weighted by molar-refractivity contribution is -0.0696. The first-order chi connectivity index (χ1) is 12.8. The fourth-order valence-electron chi connectivity index (χ4n) is 3.53. The van der Waals surface area contributed by atoms with Gasteiger partial charge in [0.25, 0.3) is 0 Å². The van der Waals surface area contributed by atoms with E-state index in [0.717, 1.165) is 5.56 Å². The maximum absolute atomic E-state index is 13.4. The highest BCUT2D eigenvalue weighted by molar-refractivity contribution is 5.73. The molecule has 1 heterocycles. The largest absolute Gasteiger partial charge is 0.418 e. The lowest BCUT2D eigenvalue weighted by atomic mass is 9.82. The van der Waals surface area contributed by atoms with Crippen molar-refractivity contribution >= 4 is 5.57 Å². The molecule has 144 valence electrons. The van der Waals surface area contributed by atoms with E-state index in [1.165, 1.54) is 6.08 Å². The quantitative estimate of drug-likeness (QED) is 0.797. The molecule has 1 aromatic carbocycles. The molecular weight excluding hydrogens is 353 g/mol. The molecule has 0 aliphatic heterocycles. The second kappa shape index (κ2) is 7.82. The van der Waals surface area contributed by atoms with Crippen molar-refractivity contribution in [3.05, 3.63) is 70.6 Å². The first-order valence-corrected chi connectivity index (χ1v) is 8.99. The lowest BCUT2D eigenvalue weighted by Gasteiger charge is -2.28. The van der Waals surface area contributed by atoms with Gasteiger partial charge in [0.2, 0.25) is 0 Å². The van der Waals surface area contributed by atoms with Gasteiger partial charge >= 0.3 is 6.18 Å². The predicted molar refractivity (Wildman–Crippen MR) is 99.1 cm³/mol. The molecule has 0 saturated heterocycles. The Morgan fingerprint density at radius 2 is 1.96 bits per heavy atom. The molecule has 6 heteroatoms. The van der Waals surface area contributed by atoms with Crippen LogP contribution in [0.4, 0.5) is 13.2 Å². The monoisotopic (exact) mass is 376 g/mol. The summed E-state index contributed by atoms with van der Waals surface area (Å²) >= 11 is 0. The highest BCUT2D eigenvalue weighted by Crippen LogP contribution is 2.44. The fraction of sp³-hybridized carbons (Fsp3) is 0.381. The van der Waals surface area contributed by atoms with Crippen molar-refractivity contribution in [2.45, 2.75) is 45.0 Å². The van der Waals surface area contributed by atoms with Gasteiger partial charge in [0, 0.05) is 18.8 Å². The van der Waals surface area contributed by atoms with Crippen LogP contribution in [-0.4, -0.2) is 22.8 Å². The van der Waals surface area contributed by atoms with Crippen LogP contribution in [-0.2, 0) is 6.54 Å². The molecule has 3 rings (SSSR count). The molecule has 3 nitrogen and oxygen atoms in total. The van der Waals surface area contributed by atoms with Crippen LogP contribution in [0.5, 0.6) is 0 Å². The van der Waals surface area contributed by atoms with Crippen molar-refractivity contribution in [3.63, 3.8) is 0 Å².